The van der Waals surface area contributed by atoms with Crippen molar-refractivity contribution in [3.8, 4) is 0 Å². The molecule has 1 aromatic rings. The molecule has 0 radical (unpaired) electrons. The molecule has 1 aromatic carbocycles. The zero-order valence-corrected chi connectivity index (χ0v) is 8.10. The summed E-state index contributed by atoms with van der Waals surface area (Å²) in [5.41, 5.74) is 0.948. The fourth-order valence-electron chi connectivity index (χ4n) is 0.831. The Labute approximate surface area is 82.6 Å². The number of para-hydroxylation sites is 1. The summed E-state index contributed by atoms with van der Waals surface area (Å²) in [5.74, 6) is 0.763. The van der Waals surface area contributed by atoms with Gasteiger partial charge < -0.3 is 5.32 Å². The maximum atomic E-state index is 7.53. The first-order chi connectivity index (χ1) is 6.33. The molecule has 0 heterocycles. The van der Waals surface area contributed by atoms with Crippen molar-refractivity contribution in [3.63, 3.8) is 0 Å². The van der Waals surface area contributed by atoms with E-state index in [0.29, 0.717) is 5.17 Å². The van der Waals surface area contributed by atoms with Crippen molar-refractivity contribution < 1.29 is 0 Å². The molecular formula is C10H12N2S. The highest BCUT2D eigenvalue weighted by Crippen LogP contribution is 2.09. The van der Waals surface area contributed by atoms with Gasteiger partial charge in [0, 0.05) is 11.4 Å². The maximum absolute atomic E-state index is 7.53. The molecule has 2 N–H and O–H groups in total. The van der Waals surface area contributed by atoms with Crippen molar-refractivity contribution in [2.24, 2.45) is 0 Å². The Morgan fingerprint density at radius 2 is 2.15 bits per heavy atom. The second-order valence-electron chi connectivity index (χ2n) is 2.42. The molecule has 0 atom stereocenters. The lowest BCUT2D eigenvalue weighted by Crippen LogP contribution is -2.05. The van der Waals surface area contributed by atoms with Crippen LogP contribution in [0, 0.1) is 5.41 Å². The van der Waals surface area contributed by atoms with Gasteiger partial charge in [0.25, 0.3) is 0 Å². The van der Waals surface area contributed by atoms with E-state index >= 15 is 0 Å². The zero-order valence-electron chi connectivity index (χ0n) is 7.29. The lowest BCUT2D eigenvalue weighted by molar-refractivity contribution is 1.51. The molecule has 0 bridgehead atoms. The fourth-order valence-corrected chi connectivity index (χ4v) is 1.31. The van der Waals surface area contributed by atoms with Crippen molar-refractivity contribution in [1.29, 1.82) is 5.41 Å². The molecule has 0 saturated heterocycles. The average Bonchev–Trinajstić information content (AvgIpc) is 2.16. The highest BCUT2D eigenvalue weighted by molar-refractivity contribution is 8.14. The normalized spacial score (nSPS) is 9.23. The van der Waals surface area contributed by atoms with E-state index in [0.717, 1.165) is 11.4 Å². The Kier molecular flexibility index (Phi) is 4.12. The molecule has 0 fully saturated rings. The third-order valence-corrected chi connectivity index (χ3v) is 2.17. The van der Waals surface area contributed by atoms with Crippen molar-refractivity contribution in [2.75, 3.05) is 11.1 Å². The predicted octanol–water partition coefficient (Wildman–Crippen LogP) is 2.95. The highest BCUT2D eigenvalue weighted by atomic mass is 32.2. The molecule has 0 spiro atoms. The van der Waals surface area contributed by atoms with Crippen LogP contribution in [0.3, 0.4) is 0 Å². The summed E-state index contributed by atoms with van der Waals surface area (Å²) in [6.45, 7) is 3.59. The second kappa shape index (κ2) is 5.43. The number of hydrogen-bond acceptors (Lipinski definition) is 2. The first-order valence-corrected chi connectivity index (χ1v) is 4.96. The Morgan fingerprint density at radius 1 is 1.46 bits per heavy atom. The quantitative estimate of drug-likeness (QED) is 0.439. The van der Waals surface area contributed by atoms with Crippen LogP contribution in [-0.2, 0) is 0 Å². The lowest BCUT2D eigenvalue weighted by atomic mass is 10.3. The van der Waals surface area contributed by atoms with Gasteiger partial charge in [-0.2, -0.15) is 0 Å². The van der Waals surface area contributed by atoms with Crippen molar-refractivity contribution >= 4 is 22.6 Å². The van der Waals surface area contributed by atoms with Crippen LogP contribution in [0.1, 0.15) is 0 Å². The van der Waals surface area contributed by atoms with Crippen LogP contribution in [0.25, 0.3) is 0 Å². The summed E-state index contributed by atoms with van der Waals surface area (Å²) in [7, 11) is 0. The number of anilines is 1. The van der Waals surface area contributed by atoms with E-state index in [1.165, 1.54) is 11.8 Å². The molecule has 0 aliphatic rings. The van der Waals surface area contributed by atoms with E-state index in [1.807, 2.05) is 30.3 Å². The first kappa shape index (κ1) is 9.86. The summed E-state index contributed by atoms with van der Waals surface area (Å²) in [6.07, 6.45) is 1.78. The third-order valence-electron chi connectivity index (χ3n) is 1.38. The van der Waals surface area contributed by atoms with Gasteiger partial charge >= 0.3 is 0 Å². The van der Waals surface area contributed by atoms with Crippen LogP contribution in [0.4, 0.5) is 5.69 Å². The van der Waals surface area contributed by atoms with Gasteiger partial charge in [0.2, 0.25) is 0 Å². The van der Waals surface area contributed by atoms with E-state index in [2.05, 4.69) is 11.9 Å². The van der Waals surface area contributed by atoms with Crippen molar-refractivity contribution in [1.82, 2.24) is 0 Å². The van der Waals surface area contributed by atoms with Crippen LogP contribution >= 0.6 is 11.8 Å². The van der Waals surface area contributed by atoms with Gasteiger partial charge in [-0.25, -0.2) is 0 Å². The van der Waals surface area contributed by atoms with Gasteiger partial charge in [-0.05, 0) is 12.1 Å². The SMILES string of the molecule is C=CCSC(=N)Nc1ccccc1. The molecule has 1 rings (SSSR count). The molecule has 0 aromatic heterocycles. The molecule has 13 heavy (non-hydrogen) atoms. The Bertz CT molecular complexity index is 282. The minimum absolute atomic E-state index is 0.450. The van der Waals surface area contributed by atoms with Gasteiger partial charge in [-0.15, -0.1) is 6.58 Å². The maximum Gasteiger partial charge on any atom is 0.158 e. The Hall–Kier alpha value is -1.22. The van der Waals surface area contributed by atoms with Crippen LogP contribution in [0.2, 0.25) is 0 Å². The van der Waals surface area contributed by atoms with Crippen LogP contribution in [0.15, 0.2) is 43.0 Å². The monoisotopic (exact) mass is 192 g/mol. The standard InChI is InChI=1S/C10H12N2S/c1-2-8-13-10(11)12-9-6-4-3-5-7-9/h2-7H,1,8H2,(H2,11,12). The third kappa shape index (κ3) is 3.80. The molecule has 0 saturated carbocycles. The Balaban J connectivity index is 2.41. The molecule has 0 aliphatic carbocycles. The van der Waals surface area contributed by atoms with Gasteiger partial charge in [-0.3, -0.25) is 5.41 Å². The number of nitrogens with one attached hydrogen (secondary N) is 2. The number of amidine groups is 1. The smallest absolute Gasteiger partial charge is 0.158 e. The summed E-state index contributed by atoms with van der Waals surface area (Å²) in [5, 5.41) is 11.0. The topological polar surface area (TPSA) is 35.9 Å². The van der Waals surface area contributed by atoms with E-state index in [4.69, 9.17) is 5.41 Å². The fraction of sp³-hybridized carbons (Fsp3) is 0.100. The number of hydrogen-bond donors (Lipinski definition) is 2. The zero-order chi connectivity index (χ0) is 9.52. The van der Waals surface area contributed by atoms with Gasteiger partial charge in [0.05, 0.1) is 0 Å². The highest BCUT2D eigenvalue weighted by Gasteiger charge is 1.95. The minimum atomic E-state index is 0.450. The average molecular weight is 192 g/mol. The predicted molar refractivity (Wildman–Crippen MR) is 60.4 cm³/mol. The van der Waals surface area contributed by atoms with Crippen molar-refractivity contribution in [2.45, 2.75) is 0 Å². The number of benzene rings is 1. The van der Waals surface area contributed by atoms with E-state index < -0.39 is 0 Å². The van der Waals surface area contributed by atoms with E-state index in [1.54, 1.807) is 6.08 Å². The van der Waals surface area contributed by atoms with E-state index in [-0.39, 0.29) is 0 Å². The summed E-state index contributed by atoms with van der Waals surface area (Å²) in [4.78, 5) is 0. The van der Waals surface area contributed by atoms with Crippen LogP contribution in [0.5, 0.6) is 0 Å². The molecule has 0 aliphatic heterocycles. The summed E-state index contributed by atoms with van der Waals surface area (Å²) in [6, 6.07) is 9.69. The van der Waals surface area contributed by atoms with Gasteiger partial charge in [-0.1, -0.05) is 36.0 Å². The van der Waals surface area contributed by atoms with Crippen LogP contribution < -0.4 is 5.32 Å². The summed E-state index contributed by atoms with van der Waals surface area (Å²) < 4.78 is 0. The summed E-state index contributed by atoms with van der Waals surface area (Å²) >= 11 is 1.43. The number of thioether (sulfide) groups is 1. The molecule has 3 heteroatoms. The second-order valence-corrected chi connectivity index (χ2v) is 3.45. The lowest BCUT2D eigenvalue weighted by Gasteiger charge is -2.04. The van der Waals surface area contributed by atoms with Gasteiger partial charge in [0.15, 0.2) is 5.17 Å². The first-order valence-electron chi connectivity index (χ1n) is 3.97. The molecular weight excluding hydrogens is 180 g/mol. The van der Waals surface area contributed by atoms with Crippen molar-refractivity contribution in [3.05, 3.63) is 43.0 Å². The van der Waals surface area contributed by atoms with Gasteiger partial charge in [0.1, 0.15) is 0 Å². The largest absolute Gasteiger partial charge is 0.335 e. The number of rotatable bonds is 3. The molecule has 68 valence electrons. The van der Waals surface area contributed by atoms with Crippen LogP contribution in [-0.4, -0.2) is 10.9 Å². The molecule has 2 nitrogen and oxygen atoms in total. The molecule has 0 unspecified atom stereocenters. The van der Waals surface area contributed by atoms with E-state index in [9.17, 15) is 0 Å². The molecule has 0 amide bonds. The minimum Gasteiger partial charge on any atom is -0.335 e. The Morgan fingerprint density at radius 3 is 2.77 bits per heavy atom.